The Labute approximate surface area is 167 Å². The normalized spacial score (nSPS) is 15.6. The van der Waals surface area contributed by atoms with Crippen LogP contribution in [-0.4, -0.2) is 45.0 Å². The van der Waals surface area contributed by atoms with Gasteiger partial charge in [-0.05, 0) is 40.5 Å². The van der Waals surface area contributed by atoms with E-state index >= 15 is 0 Å². The molecule has 2 aromatic rings. The highest BCUT2D eigenvalue weighted by Gasteiger charge is 2.30. The topological polar surface area (TPSA) is 90.2 Å². The molecule has 0 saturated carbocycles. The van der Waals surface area contributed by atoms with Gasteiger partial charge in [-0.3, -0.25) is 14.0 Å². The van der Waals surface area contributed by atoms with Crippen molar-refractivity contribution in [3.05, 3.63) is 33.2 Å². The Bertz CT molecular complexity index is 935. The third-order valence-electron chi connectivity index (χ3n) is 4.47. The lowest BCUT2D eigenvalue weighted by Gasteiger charge is -2.32. The fourth-order valence-electron chi connectivity index (χ4n) is 3.06. The Kier molecular flexibility index (Phi) is 5.74. The fraction of sp³-hybridized carbons (Fsp3) is 0.579. The zero-order chi connectivity index (χ0) is 20.5. The maximum absolute atomic E-state index is 12.4. The predicted molar refractivity (Wildman–Crippen MR) is 104 cm³/mol. The number of rotatable bonds is 3. The predicted octanol–water partition coefficient (Wildman–Crippen LogP) is 2.75. The molecular formula is C19H25N3O5S. The van der Waals surface area contributed by atoms with Gasteiger partial charge >= 0.3 is 12.1 Å². The monoisotopic (exact) mass is 407 g/mol. The van der Waals surface area contributed by atoms with Crippen molar-refractivity contribution in [3.63, 3.8) is 0 Å². The largest absolute Gasteiger partial charge is 0.459 e. The Morgan fingerprint density at radius 3 is 2.61 bits per heavy atom. The lowest BCUT2D eigenvalue weighted by molar-refractivity contribution is -0.151. The number of likely N-dealkylation sites (tertiary alicyclic amines) is 1. The van der Waals surface area contributed by atoms with Gasteiger partial charge in [-0.15, -0.1) is 11.3 Å². The smallest absolute Gasteiger partial charge is 0.410 e. The van der Waals surface area contributed by atoms with Gasteiger partial charge < -0.3 is 14.4 Å². The van der Waals surface area contributed by atoms with Gasteiger partial charge in [0.2, 0.25) is 0 Å². The van der Waals surface area contributed by atoms with Crippen LogP contribution >= 0.6 is 11.3 Å². The molecule has 1 fully saturated rings. The number of amides is 1. The van der Waals surface area contributed by atoms with Crippen LogP contribution in [0.15, 0.2) is 16.2 Å². The van der Waals surface area contributed by atoms with Gasteiger partial charge in [0.25, 0.3) is 5.56 Å². The van der Waals surface area contributed by atoms with Crippen molar-refractivity contribution in [3.8, 4) is 0 Å². The molecule has 0 N–H and O–H groups in total. The molecule has 1 saturated heterocycles. The molecule has 0 aromatic carbocycles. The number of ether oxygens (including phenoxy) is 2. The summed E-state index contributed by atoms with van der Waals surface area (Å²) < 4.78 is 12.3. The molecule has 3 rings (SSSR count). The Morgan fingerprint density at radius 2 is 1.96 bits per heavy atom. The van der Waals surface area contributed by atoms with E-state index in [2.05, 4.69) is 4.98 Å². The molecule has 0 aliphatic carbocycles. The van der Waals surface area contributed by atoms with Gasteiger partial charge in [0, 0.05) is 30.2 Å². The SMILES string of the molecule is Cc1csc2nc(COC(=O)C3CCN(C(=O)OC(C)(C)C)CC3)cc(=O)n12. The maximum Gasteiger partial charge on any atom is 0.410 e. The molecule has 28 heavy (non-hydrogen) atoms. The first-order valence-electron chi connectivity index (χ1n) is 9.25. The molecule has 1 amide bonds. The first kappa shape index (κ1) is 20.3. The second kappa shape index (κ2) is 7.90. The van der Waals surface area contributed by atoms with Crippen molar-refractivity contribution >= 4 is 28.4 Å². The van der Waals surface area contributed by atoms with Crippen LogP contribution < -0.4 is 5.56 Å². The number of thiazole rings is 1. The van der Waals surface area contributed by atoms with Crippen molar-refractivity contribution in [2.24, 2.45) is 5.92 Å². The third-order valence-corrected chi connectivity index (χ3v) is 5.41. The number of fused-ring (bicyclic) bond motifs is 1. The summed E-state index contributed by atoms with van der Waals surface area (Å²) in [5.74, 6) is -0.597. The summed E-state index contributed by atoms with van der Waals surface area (Å²) in [6, 6.07) is 1.39. The molecule has 0 radical (unpaired) electrons. The Morgan fingerprint density at radius 1 is 1.29 bits per heavy atom. The zero-order valence-corrected chi connectivity index (χ0v) is 17.4. The highest BCUT2D eigenvalue weighted by Crippen LogP contribution is 2.21. The minimum absolute atomic E-state index is 0.0339. The Hall–Kier alpha value is -2.42. The van der Waals surface area contributed by atoms with Crippen LogP contribution in [0.25, 0.3) is 4.96 Å². The zero-order valence-electron chi connectivity index (χ0n) is 16.6. The number of hydrogen-bond donors (Lipinski definition) is 0. The highest BCUT2D eigenvalue weighted by atomic mass is 32.1. The van der Waals surface area contributed by atoms with Crippen LogP contribution in [0.4, 0.5) is 4.79 Å². The van der Waals surface area contributed by atoms with Crippen molar-refractivity contribution in [2.75, 3.05) is 13.1 Å². The molecular weight excluding hydrogens is 382 g/mol. The minimum atomic E-state index is -0.541. The van der Waals surface area contributed by atoms with Gasteiger partial charge in [0.15, 0.2) is 4.96 Å². The molecule has 0 unspecified atom stereocenters. The molecule has 9 heteroatoms. The number of aromatic nitrogens is 2. The van der Waals surface area contributed by atoms with Crippen LogP contribution in [0.3, 0.4) is 0 Å². The maximum atomic E-state index is 12.4. The molecule has 8 nitrogen and oxygen atoms in total. The number of nitrogens with zero attached hydrogens (tertiary/aromatic N) is 3. The molecule has 1 aliphatic heterocycles. The average Bonchev–Trinajstić information content (AvgIpc) is 3.00. The standard InChI is InChI=1S/C19H25N3O5S/c1-12-11-28-17-20-14(9-15(23)22(12)17)10-26-16(24)13-5-7-21(8-6-13)18(25)27-19(2,3)4/h9,11,13H,5-8,10H2,1-4H3. The van der Waals surface area contributed by atoms with Gasteiger partial charge in [0.1, 0.15) is 12.2 Å². The highest BCUT2D eigenvalue weighted by molar-refractivity contribution is 7.15. The van der Waals surface area contributed by atoms with Crippen molar-refractivity contribution < 1.29 is 19.1 Å². The van der Waals surface area contributed by atoms with E-state index in [1.54, 1.807) is 4.90 Å². The summed E-state index contributed by atoms with van der Waals surface area (Å²) in [5, 5.41) is 1.86. The quantitative estimate of drug-likeness (QED) is 0.727. The second-order valence-electron chi connectivity index (χ2n) is 7.93. The second-order valence-corrected chi connectivity index (χ2v) is 8.77. The molecule has 0 atom stereocenters. The van der Waals surface area contributed by atoms with Crippen molar-refractivity contribution in [1.29, 1.82) is 0 Å². The van der Waals surface area contributed by atoms with Crippen LogP contribution in [0.1, 0.15) is 45.0 Å². The molecule has 3 heterocycles. The summed E-state index contributed by atoms with van der Waals surface area (Å²) in [6.07, 6.45) is 0.692. The van der Waals surface area contributed by atoms with Crippen LogP contribution in [0, 0.1) is 12.8 Å². The van der Waals surface area contributed by atoms with Gasteiger partial charge in [-0.25, -0.2) is 9.78 Å². The lowest BCUT2D eigenvalue weighted by Crippen LogP contribution is -2.43. The lowest BCUT2D eigenvalue weighted by atomic mass is 9.97. The van der Waals surface area contributed by atoms with Crippen molar-refractivity contribution in [1.82, 2.24) is 14.3 Å². The van der Waals surface area contributed by atoms with E-state index in [9.17, 15) is 14.4 Å². The third kappa shape index (κ3) is 4.70. The van der Waals surface area contributed by atoms with Crippen molar-refractivity contribution in [2.45, 2.75) is 52.7 Å². The number of aryl methyl sites for hydroxylation is 1. The number of carbonyl (C=O) groups is 2. The van der Waals surface area contributed by atoms with Crippen LogP contribution in [0.2, 0.25) is 0 Å². The van der Waals surface area contributed by atoms with E-state index in [4.69, 9.17) is 9.47 Å². The summed E-state index contributed by atoms with van der Waals surface area (Å²) >= 11 is 1.37. The minimum Gasteiger partial charge on any atom is -0.459 e. The van der Waals surface area contributed by atoms with Gasteiger partial charge in [-0.1, -0.05) is 0 Å². The first-order chi connectivity index (χ1) is 13.1. The molecule has 152 valence electrons. The van der Waals surface area contributed by atoms with Crippen LogP contribution in [-0.2, 0) is 20.9 Å². The Balaban J connectivity index is 1.53. The van der Waals surface area contributed by atoms with Gasteiger partial charge in [-0.2, -0.15) is 0 Å². The molecule has 0 bridgehead atoms. The number of piperidine rings is 1. The van der Waals surface area contributed by atoms with E-state index in [-0.39, 0.29) is 30.1 Å². The average molecular weight is 407 g/mol. The summed E-state index contributed by atoms with van der Waals surface area (Å²) in [5.41, 5.74) is 0.547. The summed E-state index contributed by atoms with van der Waals surface area (Å²) in [7, 11) is 0. The van der Waals surface area contributed by atoms with E-state index < -0.39 is 5.60 Å². The van der Waals surface area contributed by atoms with Gasteiger partial charge in [0.05, 0.1) is 11.6 Å². The molecule has 1 aliphatic rings. The molecule has 2 aromatic heterocycles. The summed E-state index contributed by atoms with van der Waals surface area (Å²) in [6.45, 7) is 8.18. The van der Waals surface area contributed by atoms with E-state index in [1.807, 2.05) is 33.1 Å². The van der Waals surface area contributed by atoms with E-state index in [0.717, 1.165) is 5.69 Å². The van der Waals surface area contributed by atoms with E-state index in [1.165, 1.54) is 21.8 Å². The summed E-state index contributed by atoms with van der Waals surface area (Å²) in [4.78, 5) is 43.2. The number of hydrogen-bond acceptors (Lipinski definition) is 7. The fourth-order valence-corrected chi connectivity index (χ4v) is 3.95. The van der Waals surface area contributed by atoms with Crippen LogP contribution in [0.5, 0.6) is 0 Å². The number of carbonyl (C=O) groups excluding carboxylic acids is 2. The first-order valence-corrected chi connectivity index (χ1v) is 10.1. The molecule has 0 spiro atoms. The number of esters is 1. The van der Waals surface area contributed by atoms with E-state index in [0.29, 0.717) is 36.6 Å².